The van der Waals surface area contributed by atoms with Crippen molar-refractivity contribution >= 4 is 23.1 Å². The van der Waals surface area contributed by atoms with E-state index in [4.69, 9.17) is 11.6 Å². The Morgan fingerprint density at radius 1 is 1.04 bits per heavy atom. The molecule has 25 heavy (non-hydrogen) atoms. The minimum absolute atomic E-state index is 0.0182. The molecule has 2 aromatic rings. The number of aromatic nitrogens is 1. The van der Waals surface area contributed by atoms with E-state index in [1.165, 1.54) is 0 Å². The van der Waals surface area contributed by atoms with Gasteiger partial charge in [0.05, 0.1) is 0 Å². The first-order valence-electron chi connectivity index (χ1n) is 8.61. The molecule has 0 unspecified atom stereocenters. The number of nitrogens with one attached hydrogen (secondary N) is 2. The third-order valence-electron chi connectivity index (χ3n) is 4.80. The number of amides is 1. The van der Waals surface area contributed by atoms with E-state index < -0.39 is 0 Å². The number of halogens is 1. The molecule has 0 radical (unpaired) electrons. The molecule has 4 rings (SSSR count). The third-order valence-corrected chi connectivity index (χ3v) is 5.05. The average Bonchev–Trinajstić information content (AvgIpc) is 3.35. The quantitative estimate of drug-likeness (QED) is 0.881. The van der Waals surface area contributed by atoms with Crippen LogP contribution in [-0.4, -0.2) is 16.9 Å². The molecular weight excluding hydrogens is 336 g/mol. The van der Waals surface area contributed by atoms with Crippen molar-refractivity contribution in [2.24, 2.45) is 0 Å². The normalized spacial score (nSPS) is 20.6. The van der Waals surface area contributed by atoms with Gasteiger partial charge in [0.15, 0.2) is 0 Å². The zero-order valence-corrected chi connectivity index (χ0v) is 14.5. The zero-order chi connectivity index (χ0) is 17.4. The predicted molar refractivity (Wildman–Crippen MR) is 98.7 cm³/mol. The summed E-state index contributed by atoms with van der Waals surface area (Å²) >= 11 is 6.01. The van der Waals surface area contributed by atoms with E-state index in [0.717, 1.165) is 41.7 Å². The summed E-state index contributed by atoms with van der Waals surface area (Å²) in [6.07, 6.45) is 5.51. The third kappa shape index (κ3) is 3.54. The second-order valence-electron chi connectivity index (χ2n) is 6.73. The largest absolute Gasteiger partial charge is 0.350 e. The fourth-order valence-electron chi connectivity index (χ4n) is 3.29. The number of H-pyrrole nitrogens is 1. The molecule has 2 heterocycles. The van der Waals surface area contributed by atoms with Gasteiger partial charge in [0, 0.05) is 34.3 Å². The number of hydrogen-bond acceptors (Lipinski definition) is 2. The molecule has 0 bridgehead atoms. The van der Waals surface area contributed by atoms with Crippen LogP contribution in [0.1, 0.15) is 48.4 Å². The van der Waals surface area contributed by atoms with Gasteiger partial charge in [0.1, 0.15) is 0 Å². The van der Waals surface area contributed by atoms with Crippen molar-refractivity contribution in [3.05, 3.63) is 74.7 Å². The van der Waals surface area contributed by atoms with Crippen molar-refractivity contribution in [3.8, 4) is 0 Å². The highest BCUT2D eigenvalue weighted by Crippen LogP contribution is 2.38. The van der Waals surface area contributed by atoms with Crippen LogP contribution >= 0.6 is 11.6 Å². The van der Waals surface area contributed by atoms with Gasteiger partial charge in [-0.2, -0.15) is 0 Å². The maximum absolute atomic E-state index is 12.4. The lowest BCUT2D eigenvalue weighted by Gasteiger charge is -2.13. The second kappa shape index (κ2) is 6.52. The lowest BCUT2D eigenvalue weighted by molar-refractivity contribution is -0.119. The maximum Gasteiger partial charge on any atom is 0.251 e. The summed E-state index contributed by atoms with van der Waals surface area (Å²) in [7, 11) is 0. The van der Waals surface area contributed by atoms with Gasteiger partial charge < -0.3 is 10.3 Å². The lowest BCUT2D eigenvalue weighted by Crippen LogP contribution is -2.23. The number of benzene rings is 1. The van der Waals surface area contributed by atoms with E-state index in [9.17, 15) is 9.59 Å². The highest BCUT2D eigenvalue weighted by molar-refractivity contribution is 6.30. The highest BCUT2D eigenvalue weighted by Gasteiger charge is 2.26. The molecule has 5 heteroatoms. The summed E-state index contributed by atoms with van der Waals surface area (Å²) in [5, 5.41) is 3.62. The minimum Gasteiger partial charge on any atom is -0.350 e. The van der Waals surface area contributed by atoms with Crippen LogP contribution in [-0.2, 0) is 4.79 Å². The average molecular weight is 355 g/mol. The topological polar surface area (TPSA) is 62.0 Å². The fraction of sp³-hybridized carbons (Fsp3) is 0.300. The molecule has 2 aliphatic rings. The Morgan fingerprint density at radius 2 is 1.80 bits per heavy atom. The first-order valence-corrected chi connectivity index (χ1v) is 8.98. The minimum atomic E-state index is -0.0233. The van der Waals surface area contributed by atoms with E-state index >= 15 is 0 Å². The zero-order valence-electron chi connectivity index (χ0n) is 13.7. The smallest absolute Gasteiger partial charge is 0.251 e. The van der Waals surface area contributed by atoms with Gasteiger partial charge in [-0.1, -0.05) is 35.9 Å². The van der Waals surface area contributed by atoms with Gasteiger partial charge >= 0.3 is 0 Å². The fourth-order valence-corrected chi connectivity index (χ4v) is 3.42. The summed E-state index contributed by atoms with van der Waals surface area (Å²) in [5.74, 6) is 0.476. The molecule has 1 saturated heterocycles. The summed E-state index contributed by atoms with van der Waals surface area (Å²) in [6, 6.07) is 11.4. The number of pyridine rings is 1. The maximum atomic E-state index is 12.4. The van der Waals surface area contributed by atoms with Crippen LogP contribution in [0.3, 0.4) is 0 Å². The van der Waals surface area contributed by atoms with Crippen LogP contribution < -0.4 is 10.9 Å². The first kappa shape index (κ1) is 16.2. The first-order chi connectivity index (χ1) is 12.1. The standard InChI is InChI=1S/C20H19ClN2O2/c21-14-5-3-13(4-6-14)17(11-15-7-10-19(24)22-15)18-9-8-16(12-1-2-12)20(25)23-18/h3-6,8-9,11-12,15H,1-2,7,10H2,(H,22,24)(H,23,25)/b17-11-/t15-/m1/s1. The highest BCUT2D eigenvalue weighted by atomic mass is 35.5. The van der Waals surface area contributed by atoms with Crippen molar-refractivity contribution < 1.29 is 4.79 Å². The summed E-state index contributed by atoms with van der Waals surface area (Å²) in [6.45, 7) is 0. The van der Waals surface area contributed by atoms with E-state index in [1.54, 1.807) is 0 Å². The lowest BCUT2D eigenvalue weighted by atomic mass is 9.98. The summed E-state index contributed by atoms with van der Waals surface area (Å²) in [5.41, 5.74) is 3.48. The van der Waals surface area contributed by atoms with E-state index in [1.807, 2.05) is 42.5 Å². The van der Waals surface area contributed by atoms with Crippen molar-refractivity contribution in [1.82, 2.24) is 10.3 Å². The van der Waals surface area contributed by atoms with Crippen LogP contribution in [0.4, 0.5) is 0 Å². The molecule has 1 aromatic heterocycles. The number of carbonyl (C=O) groups is 1. The molecule has 1 aliphatic heterocycles. The van der Waals surface area contributed by atoms with E-state index in [0.29, 0.717) is 17.4 Å². The van der Waals surface area contributed by atoms with Gasteiger partial charge in [-0.25, -0.2) is 0 Å². The monoisotopic (exact) mass is 354 g/mol. The molecule has 1 saturated carbocycles. The molecule has 0 spiro atoms. The van der Waals surface area contributed by atoms with Crippen LogP contribution in [0.2, 0.25) is 5.02 Å². The molecule has 1 aromatic carbocycles. The van der Waals surface area contributed by atoms with Crippen LogP contribution in [0.15, 0.2) is 47.3 Å². The van der Waals surface area contributed by atoms with Gasteiger partial charge in [-0.05, 0) is 48.9 Å². The van der Waals surface area contributed by atoms with Crippen molar-refractivity contribution in [2.75, 3.05) is 0 Å². The number of aromatic amines is 1. The predicted octanol–water partition coefficient (Wildman–Crippen LogP) is 3.62. The van der Waals surface area contributed by atoms with Gasteiger partial charge in [-0.3, -0.25) is 9.59 Å². The van der Waals surface area contributed by atoms with E-state index in [2.05, 4.69) is 10.3 Å². The Labute approximate surface area is 150 Å². The molecule has 1 aliphatic carbocycles. The van der Waals surface area contributed by atoms with Crippen molar-refractivity contribution in [3.63, 3.8) is 0 Å². The van der Waals surface area contributed by atoms with Crippen molar-refractivity contribution in [1.29, 1.82) is 0 Å². The van der Waals surface area contributed by atoms with Gasteiger partial charge in [0.2, 0.25) is 5.91 Å². The summed E-state index contributed by atoms with van der Waals surface area (Å²) < 4.78 is 0. The van der Waals surface area contributed by atoms with Crippen molar-refractivity contribution in [2.45, 2.75) is 37.6 Å². The molecule has 2 N–H and O–H groups in total. The summed E-state index contributed by atoms with van der Waals surface area (Å²) in [4.78, 5) is 27.0. The van der Waals surface area contributed by atoms with Crippen LogP contribution in [0.25, 0.3) is 5.57 Å². The molecule has 128 valence electrons. The Hall–Kier alpha value is -2.33. The SMILES string of the molecule is O=C1CC[C@H](/C=C(/c2ccc(Cl)cc2)c2ccc(C3CC3)c(=O)[nH]2)N1. The number of rotatable bonds is 4. The van der Waals surface area contributed by atoms with E-state index in [-0.39, 0.29) is 17.5 Å². The van der Waals surface area contributed by atoms with Crippen LogP contribution in [0.5, 0.6) is 0 Å². The number of carbonyl (C=O) groups excluding carboxylic acids is 1. The van der Waals surface area contributed by atoms with Crippen LogP contribution in [0, 0.1) is 0 Å². The Morgan fingerprint density at radius 3 is 2.40 bits per heavy atom. The Bertz CT molecular complexity index is 895. The van der Waals surface area contributed by atoms with Gasteiger partial charge in [-0.15, -0.1) is 0 Å². The van der Waals surface area contributed by atoms with Gasteiger partial charge in [0.25, 0.3) is 5.56 Å². The molecule has 1 atom stereocenters. The Balaban J connectivity index is 1.75. The molecule has 4 nitrogen and oxygen atoms in total. The molecule has 1 amide bonds. The molecule has 2 fully saturated rings. The number of hydrogen-bond donors (Lipinski definition) is 2. The Kier molecular flexibility index (Phi) is 4.22. The second-order valence-corrected chi connectivity index (χ2v) is 7.17. The molecular formula is C20H19ClN2O2.